The molecular weight excluding hydrogens is 401 g/mol. The maximum Gasteiger partial charge on any atom is 0.278 e. The first-order chi connectivity index (χ1) is 14.6. The van der Waals surface area contributed by atoms with Crippen LogP contribution in [-0.4, -0.2) is 28.8 Å². The molecule has 0 saturated carbocycles. The monoisotopic (exact) mass is 433 g/mol. The third kappa shape index (κ3) is 5.32. The standard InChI is InChI=1S/C21H26FN3O4.C2H6/c1-12-5-6-16(15(22)9-12)23-18-17(19(27)24-29-8-7-26)13-10-21(2,3)11-14(13)20(28)25(18)4;1-2/h5-6,9,23,26H,7-8,10-11H2,1-4H3,(H,24,27);1-2H3. The smallest absolute Gasteiger partial charge is 0.278 e. The van der Waals surface area contributed by atoms with Crippen molar-refractivity contribution in [3.63, 3.8) is 0 Å². The highest BCUT2D eigenvalue weighted by atomic mass is 19.1. The second-order valence-corrected chi connectivity index (χ2v) is 8.17. The van der Waals surface area contributed by atoms with Crippen molar-refractivity contribution in [2.24, 2.45) is 12.5 Å². The summed E-state index contributed by atoms with van der Waals surface area (Å²) in [6.45, 7) is 9.52. The van der Waals surface area contributed by atoms with Crippen LogP contribution in [0, 0.1) is 18.2 Å². The molecule has 1 heterocycles. The summed E-state index contributed by atoms with van der Waals surface area (Å²) in [5, 5.41) is 11.8. The number of hydrogen-bond acceptors (Lipinski definition) is 5. The number of aromatic nitrogens is 1. The van der Waals surface area contributed by atoms with Gasteiger partial charge in [0.15, 0.2) is 0 Å². The van der Waals surface area contributed by atoms with Gasteiger partial charge in [-0.3, -0.25) is 19.0 Å². The highest BCUT2D eigenvalue weighted by Gasteiger charge is 2.36. The number of benzene rings is 1. The van der Waals surface area contributed by atoms with Gasteiger partial charge in [-0.25, -0.2) is 9.87 Å². The second kappa shape index (κ2) is 10.1. The fraction of sp³-hybridized carbons (Fsp3) is 0.478. The van der Waals surface area contributed by atoms with E-state index in [4.69, 9.17) is 9.94 Å². The molecule has 0 bridgehead atoms. The molecule has 0 fully saturated rings. The molecule has 3 N–H and O–H groups in total. The number of carbonyl (C=O) groups is 1. The molecular formula is C23H32FN3O4. The zero-order valence-corrected chi connectivity index (χ0v) is 19.1. The van der Waals surface area contributed by atoms with Crippen LogP contribution in [0.4, 0.5) is 15.9 Å². The van der Waals surface area contributed by atoms with Crippen LogP contribution in [0.15, 0.2) is 23.0 Å². The number of hydroxylamine groups is 1. The Hall–Kier alpha value is -2.71. The van der Waals surface area contributed by atoms with Crippen LogP contribution in [0.25, 0.3) is 0 Å². The summed E-state index contributed by atoms with van der Waals surface area (Å²) in [6, 6.07) is 4.68. The predicted molar refractivity (Wildman–Crippen MR) is 119 cm³/mol. The average Bonchev–Trinajstić information content (AvgIpc) is 3.04. The molecule has 0 unspecified atom stereocenters. The molecule has 0 saturated heterocycles. The summed E-state index contributed by atoms with van der Waals surface area (Å²) in [6.07, 6.45) is 1.08. The molecule has 1 aliphatic rings. The van der Waals surface area contributed by atoms with Crippen molar-refractivity contribution in [1.29, 1.82) is 0 Å². The lowest BCUT2D eigenvalue weighted by atomic mass is 9.90. The van der Waals surface area contributed by atoms with Gasteiger partial charge in [-0.1, -0.05) is 33.8 Å². The number of rotatable bonds is 6. The SMILES string of the molecule is CC.Cc1ccc(Nc2c(C(=O)NOCCO)c3c(c(=O)n2C)CC(C)(C)C3)c(F)c1. The normalized spacial score (nSPS) is 13.8. The average molecular weight is 434 g/mol. The fourth-order valence-electron chi connectivity index (χ4n) is 3.74. The van der Waals surface area contributed by atoms with Crippen molar-refractivity contribution in [2.45, 2.75) is 47.5 Å². The number of halogens is 1. The Morgan fingerprint density at radius 1 is 1.26 bits per heavy atom. The summed E-state index contributed by atoms with van der Waals surface area (Å²) in [5.74, 6) is -0.849. The number of hydrogen-bond donors (Lipinski definition) is 3. The predicted octanol–water partition coefficient (Wildman–Crippen LogP) is 3.38. The quantitative estimate of drug-likeness (QED) is 0.480. The Kier molecular flexibility index (Phi) is 7.97. The van der Waals surface area contributed by atoms with Crippen molar-refractivity contribution in [3.05, 3.63) is 56.6 Å². The van der Waals surface area contributed by atoms with Crippen LogP contribution in [0.5, 0.6) is 0 Å². The maximum absolute atomic E-state index is 14.4. The van der Waals surface area contributed by atoms with E-state index in [1.165, 1.54) is 10.6 Å². The summed E-state index contributed by atoms with van der Waals surface area (Å²) < 4.78 is 15.8. The number of nitrogens with one attached hydrogen (secondary N) is 2. The first kappa shape index (κ1) is 24.6. The Morgan fingerprint density at radius 3 is 2.52 bits per heavy atom. The number of fused-ring (bicyclic) bond motifs is 1. The van der Waals surface area contributed by atoms with Gasteiger partial charge in [0.25, 0.3) is 11.5 Å². The van der Waals surface area contributed by atoms with Crippen molar-refractivity contribution >= 4 is 17.4 Å². The lowest BCUT2D eigenvalue weighted by molar-refractivity contribution is 0.0168. The number of aryl methyl sites for hydroxylation is 1. The van der Waals surface area contributed by atoms with E-state index in [1.54, 1.807) is 26.1 Å². The zero-order chi connectivity index (χ0) is 23.3. The minimum absolute atomic E-state index is 0.0689. The van der Waals surface area contributed by atoms with Gasteiger partial charge in [-0.15, -0.1) is 0 Å². The van der Waals surface area contributed by atoms with E-state index in [1.807, 2.05) is 27.7 Å². The van der Waals surface area contributed by atoms with Gasteiger partial charge in [0.2, 0.25) is 0 Å². The Morgan fingerprint density at radius 2 is 1.90 bits per heavy atom. The third-order valence-electron chi connectivity index (χ3n) is 5.07. The van der Waals surface area contributed by atoms with Crippen LogP contribution >= 0.6 is 0 Å². The van der Waals surface area contributed by atoms with Crippen molar-refractivity contribution in [2.75, 3.05) is 18.5 Å². The maximum atomic E-state index is 14.4. The highest BCUT2D eigenvalue weighted by molar-refractivity contribution is 6.01. The molecule has 8 heteroatoms. The van der Waals surface area contributed by atoms with E-state index in [-0.39, 0.29) is 41.3 Å². The molecule has 0 atom stereocenters. The molecule has 3 rings (SSSR count). The van der Waals surface area contributed by atoms with Gasteiger partial charge in [0, 0.05) is 12.6 Å². The van der Waals surface area contributed by atoms with Gasteiger partial charge in [-0.05, 0) is 48.4 Å². The number of aliphatic hydroxyl groups excluding tert-OH is 1. The number of carbonyl (C=O) groups excluding carboxylic acids is 1. The first-order valence-corrected chi connectivity index (χ1v) is 10.5. The Balaban J connectivity index is 0.00000166. The first-order valence-electron chi connectivity index (χ1n) is 10.5. The minimum Gasteiger partial charge on any atom is -0.394 e. The lowest BCUT2D eigenvalue weighted by Gasteiger charge is -2.20. The number of pyridine rings is 1. The van der Waals surface area contributed by atoms with Gasteiger partial charge in [0.05, 0.1) is 24.5 Å². The van der Waals surface area contributed by atoms with Crippen LogP contribution in [-0.2, 0) is 24.7 Å². The Labute approximate surface area is 182 Å². The fourth-order valence-corrected chi connectivity index (χ4v) is 3.74. The number of anilines is 2. The summed E-state index contributed by atoms with van der Waals surface area (Å²) in [5.41, 5.74) is 4.29. The molecule has 0 aliphatic heterocycles. The van der Waals surface area contributed by atoms with E-state index in [0.29, 0.717) is 24.0 Å². The van der Waals surface area contributed by atoms with E-state index < -0.39 is 11.7 Å². The van der Waals surface area contributed by atoms with Crippen LogP contribution in [0.1, 0.15) is 54.7 Å². The van der Waals surface area contributed by atoms with Crippen molar-refractivity contribution in [1.82, 2.24) is 10.0 Å². The second-order valence-electron chi connectivity index (χ2n) is 8.17. The topological polar surface area (TPSA) is 92.6 Å². The largest absolute Gasteiger partial charge is 0.394 e. The third-order valence-corrected chi connectivity index (χ3v) is 5.07. The molecule has 31 heavy (non-hydrogen) atoms. The van der Waals surface area contributed by atoms with E-state index >= 15 is 0 Å². The molecule has 7 nitrogen and oxygen atoms in total. The molecule has 0 radical (unpaired) electrons. The zero-order valence-electron chi connectivity index (χ0n) is 19.1. The number of nitrogens with zero attached hydrogens (tertiary/aromatic N) is 1. The van der Waals surface area contributed by atoms with E-state index in [0.717, 1.165) is 5.56 Å². The van der Waals surface area contributed by atoms with Gasteiger partial charge in [0.1, 0.15) is 11.6 Å². The number of aliphatic hydroxyl groups is 1. The van der Waals surface area contributed by atoms with Crippen molar-refractivity contribution in [3.8, 4) is 0 Å². The number of amides is 1. The van der Waals surface area contributed by atoms with E-state index in [9.17, 15) is 14.0 Å². The van der Waals surface area contributed by atoms with Crippen molar-refractivity contribution < 1.29 is 19.1 Å². The highest BCUT2D eigenvalue weighted by Crippen LogP contribution is 2.39. The van der Waals surface area contributed by atoms with Gasteiger partial charge >= 0.3 is 0 Å². The van der Waals surface area contributed by atoms with Gasteiger partial charge in [-0.2, -0.15) is 0 Å². The molecule has 170 valence electrons. The van der Waals surface area contributed by atoms with Crippen LogP contribution in [0.3, 0.4) is 0 Å². The minimum atomic E-state index is -0.557. The van der Waals surface area contributed by atoms with Crippen LogP contribution in [0.2, 0.25) is 0 Å². The summed E-state index contributed by atoms with van der Waals surface area (Å²) >= 11 is 0. The van der Waals surface area contributed by atoms with E-state index in [2.05, 4.69) is 10.8 Å². The molecule has 1 amide bonds. The van der Waals surface area contributed by atoms with Gasteiger partial charge < -0.3 is 10.4 Å². The Bertz CT molecular complexity index is 1010. The molecule has 1 aliphatic carbocycles. The summed E-state index contributed by atoms with van der Waals surface area (Å²) in [7, 11) is 1.55. The summed E-state index contributed by atoms with van der Waals surface area (Å²) in [4.78, 5) is 30.9. The van der Waals surface area contributed by atoms with Crippen LogP contribution < -0.4 is 16.4 Å². The molecule has 2 aromatic rings. The molecule has 1 aromatic carbocycles. The molecule has 0 spiro atoms. The molecule has 1 aromatic heterocycles. The lowest BCUT2D eigenvalue weighted by Crippen LogP contribution is -2.32.